The van der Waals surface area contributed by atoms with Crippen LogP contribution in [0.3, 0.4) is 0 Å². The molecule has 0 radical (unpaired) electrons. The molecule has 7 heteroatoms. The van der Waals surface area contributed by atoms with Crippen LogP contribution >= 0.6 is 11.3 Å². The molecule has 3 atom stereocenters. The van der Waals surface area contributed by atoms with Gasteiger partial charge in [-0.05, 0) is 43.2 Å². The maximum Gasteiger partial charge on any atom is 0.223 e. The topological polar surface area (TPSA) is 63.1 Å². The van der Waals surface area contributed by atoms with E-state index in [4.69, 9.17) is 0 Å². The summed E-state index contributed by atoms with van der Waals surface area (Å²) in [4.78, 5) is 15.0. The van der Waals surface area contributed by atoms with Crippen molar-refractivity contribution >= 4 is 22.4 Å². The molecule has 0 bridgehead atoms. The van der Waals surface area contributed by atoms with E-state index >= 15 is 0 Å². The van der Waals surface area contributed by atoms with Gasteiger partial charge in [0.25, 0.3) is 0 Å². The largest absolute Gasteiger partial charge is 0.353 e. The van der Waals surface area contributed by atoms with Gasteiger partial charge in [0.05, 0.1) is 0 Å². The fraction of sp³-hybridized carbons (Fsp3) is 0.650. The first-order valence-corrected chi connectivity index (χ1v) is 11.0. The van der Waals surface area contributed by atoms with Crippen LogP contribution in [0.4, 0.5) is 5.13 Å². The monoisotopic (exact) mass is 387 g/mol. The van der Waals surface area contributed by atoms with Gasteiger partial charge in [-0.15, -0.1) is 10.2 Å². The summed E-state index contributed by atoms with van der Waals surface area (Å²) in [6, 6.07) is 4.32. The predicted molar refractivity (Wildman–Crippen MR) is 108 cm³/mol. The molecule has 6 nitrogen and oxygen atoms in total. The van der Waals surface area contributed by atoms with E-state index in [0.717, 1.165) is 42.6 Å². The smallest absolute Gasteiger partial charge is 0.223 e. The molecule has 0 aromatic carbocycles. The Balaban J connectivity index is 1.30. The van der Waals surface area contributed by atoms with Crippen molar-refractivity contribution in [3.05, 3.63) is 24.5 Å². The van der Waals surface area contributed by atoms with E-state index in [1.807, 2.05) is 29.1 Å². The van der Waals surface area contributed by atoms with Crippen LogP contribution < -0.4 is 10.2 Å². The Hall–Kier alpha value is -1.89. The normalized spacial score (nSPS) is 26.9. The van der Waals surface area contributed by atoms with Crippen LogP contribution in [0.25, 0.3) is 5.13 Å². The van der Waals surface area contributed by atoms with Crippen LogP contribution in [0.1, 0.15) is 46.0 Å². The third-order valence-corrected chi connectivity index (χ3v) is 7.40. The fourth-order valence-corrected chi connectivity index (χ4v) is 5.19. The predicted octanol–water partition coefficient (Wildman–Crippen LogP) is 3.49. The molecule has 4 rings (SSSR count). The van der Waals surface area contributed by atoms with Gasteiger partial charge in [-0.25, -0.2) is 0 Å². The fourth-order valence-electron chi connectivity index (χ4n) is 4.32. The second-order valence-electron chi connectivity index (χ2n) is 8.10. The van der Waals surface area contributed by atoms with Crippen LogP contribution in [0, 0.1) is 17.8 Å². The van der Waals surface area contributed by atoms with Gasteiger partial charge in [-0.1, -0.05) is 38.0 Å². The number of hydrogen-bond donors (Lipinski definition) is 1. The van der Waals surface area contributed by atoms with Crippen LogP contribution in [0.15, 0.2) is 24.5 Å². The zero-order valence-electron chi connectivity index (χ0n) is 16.2. The van der Waals surface area contributed by atoms with Crippen LogP contribution in [-0.4, -0.2) is 39.8 Å². The van der Waals surface area contributed by atoms with Gasteiger partial charge in [0.2, 0.25) is 16.2 Å². The molecule has 0 spiro atoms. The van der Waals surface area contributed by atoms with Gasteiger partial charge < -0.3 is 10.2 Å². The molecule has 1 N–H and O–H groups in total. The Bertz CT molecular complexity index is 750. The molecular formula is C20H29N5OS. The summed E-state index contributed by atoms with van der Waals surface area (Å²) in [6.07, 6.45) is 9.39. The van der Waals surface area contributed by atoms with Crippen molar-refractivity contribution in [2.75, 3.05) is 18.0 Å². The number of aromatic nitrogens is 3. The number of nitrogens with one attached hydrogen (secondary N) is 1. The summed E-state index contributed by atoms with van der Waals surface area (Å²) in [5.41, 5.74) is 0. The molecular weight excluding hydrogens is 358 g/mol. The molecule has 3 heterocycles. The van der Waals surface area contributed by atoms with Gasteiger partial charge in [0.15, 0.2) is 0 Å². The molecule has 1 amide bonds. The molecule has 1 saturated carbocycles. The number of nitrogens with zero attached hydrogens (tertiary/aromatic N) is 4. The minimum atomic E-state index is 0.127. The van der Waals surface area contributed by atoms with Crippen molar-refractivity contribution in [3.63, 3.8) is 0 Å². The summed E-state index contributed by atoms with van der Waals surface area (Å²) < 4.78 is 1.98. The number of carbonyl (C=O) groups is 1. The zero-order chi connectivity index (χ0) is 18.8. The maximum absolute atomic E-state index is 12.8. The first-order chi connectivity index (χ1) is 13.1. The average Bonchev–Trinajstić information content (AvgIpc) is 3.37. The third-order valence-electron chi connectivity index (χ3n) is 6.40. The SMILES string of the molecule is C[C@H]1[C@H](C)CCC[C@H]1NC(=O)C1CCN(c2nnc(-n3cccc3)s2)CC1. The molecule has 0 unspecified atom stereocenters. The highest BCUT2D eigenvalue weighted by molar-refractivity contribution is 7.17. The highest BCUT2D eigenvalue weighted by atomic mass is 32.1. The second kappa shape index (κ2) is 8.00. The average molecular weight is 388 g/mol. The summed E-state index contributed by atoms with van der Waals surface area (Å²) >= 11 is 1.60. The van der Waals surface area contributed by atoms with Crippen molar-refractivity contribution in [1.82, 2.24) is 20.1 Å². The van der Waals surface area contributed by atoms with Crippen molar-refractivity contribution in [3.8, 4) is 5.13 Å². The molecule has 2 fully saturated rings. The van der Waals surface area contributed by atoms with Crippen LogP contribution in [-0.2, 0) is 4.79 Å². The Kier molecular flexibility index (Phi) is 5.48. The standard InChI is InChI=1S/C20H29N5OS/c1-14-6-5-7-17(15(14)2)21-18(26)16-8-12-25(13-9-16)20-23-22-19(27-20)24-10-3-4-11-24/h3-4,10-11,14-17H,5-9,12-13H2,1-2H3,(H,21,26)/t14-,15+,17-/m1/s1. The lowest BCUT2D eigenvalue weighted by molar-refractivity contribution is -0.127. The van der Waals surface area contributed by atoms with Crippen molar-refractivity contribution < 1.29 is 4.79 Å². The van der Waals surface area contributed by atoms with Crippen LogP contribution in [0.5, 0.6) is 0 Å². The first kappa shape index (κ1) is 18.5. The summed E-state index contributed by atoms with van der Waals surface area (Å²) in [5.74, 6) is 1.67. The number of rotatable bonds is 4. The molecule has 27 heavy (non-hydrogen) atoms. The Morgan fingerprint density at radius 3 is 2.52 bits per heavy atom. The molecule has 1 saturated heterocycles. The van der Waals surface area contributed by atoms with E-state index in [0.29, 0.717) is 17.9 Å². The summed E-state index contributed by atoms with van der Waals surface area (Å²) in [6.45, 7) is 6.34. The molecule has 2 aromatic rings. The van der Waals surface area contributed by atoms with Gasteiger partial charge in [-0.3, -0.25) is 9.36 Å². The van der Waals surface area contributed by atoms with E-state index in [1.54, 1.807) is 11.3 Å². The van der Waals surface area contributed by atoms with E-state index in [1.165, 1.54) is 12.8 Å². The number of hydrogen-bond acceptors (Lipinski definition) is 5. The van der Waals surface area contributed by atoms with E-state index in [9.17, 15) is 4.79 Å². The molecule has 1 aliphatic carbocycles. The van der Waals surface area contributed by atoms with Gasteiger partial charge >= 0.3 is 0 Å². The quantitative estimate of drug-likeness (QED) is 0.872. The van der Waals surface area contributed by atoms with Crippen molar-refractivity contribution in [1.29, 1.82) is 0 Å². The third kappa shape index (κ3) is 4.03. The minimum Gasteiger partial charge on any atom is -0.353 e. The van der Waals surface area contributed by atoms with Gasteiger partial charge in [0, 0.05) is 37.4 Å². The Morgan fingerprint density at radius 2 is 1.78 bits per heavy atom. The number of carbonyl (C=O) groups excluding carboxylic acids is 1. The maximum atomic E-state index is 12.8. The van der Waals surface area contributed by atoms with Crippen LogP contribution in [0.2, 0.25) is 0 Å². The Morgan fingerprint density at radius 1 is 1.07 bits per heavy atom. The van der Waals surface area contributed by atoms with Crippen molar-refractivity contribution in [2.45, 2.75) is 52.0 Å². The summed E-state index contributed by atoms with van der Waals surface area (Å²) in [5, 5.41) is 13.8. The molecule has 2 aliphatic rings. The Labute approximate surface area is 165 Å². The highest BCUT2D eigenvalue weighted by Crippen LogP contribution is 2.31. The lowest BCUT2D eigenvalue weighted by atomic mass is 9.78. The minimum absolute atomic E-state index is 0.127. The van der Waals surface area contributed by atoms with E-state index in [2.05, 4.69) is 34.3 Å². The van der Waals surface area contributed by atoms with Crippen molar-refractivity contribution in [2.24, 2.45) is 17.8 Å². The van der Waals surface area contributed by atoms with E-state index < -0.39 is 0 Å². The molecule has 2 aromatic heterocycles. The summed E-state index contributed by atoms with van der Waals surface area (Å²) in [7, 11) is 0. The first-order valence-electron chi connectivity index (χ1n) is 10.1. The highest BCUT2D eigenvalue weighted by Gasteiger charge is 2.32. The second-order valence-corrected chi connectivity index (χ2v) is 9.04. The number of amides is 1. The van der Waals surface area contributed by atoms with E-state index in [-0.39, 0.29) is 11.8 Å². The zero-order valence-corrected chi connectivity index (χ0v) is 17.0. The number of anilines is 1. The molecule has 146 valence electrons. The molecule has 1 aliphatic heterocycles. The van der Waals surface area contributed by atoms with Gasteiger partial charge in [-0.2, -0.15) is 0 Å². The lowest BCUT2D eigenvalue weighted by Crippen LogP contribution is -2.48. The lowest BCUT2D eigenvalue weighted by Gasteiger charge is -2.36. The van der Waals surface area contributed by atoms with Gasteiger partial charge in [0.1, 0.15) is 0 Å². The number of piperidine rings is 1.